The molecule has 6 nitrogen and oxygen atoms in total. The Bertz CT molecular complexity index is 1400. The van der Waals surface area contributed by atoms with Crippen LogP contribution in [0.15, 0.2) is 84.8 Å². The number of dihydropyridines is 1. The number of halogens is 1. The van der Waals surface area contributed by atoms with Crippen molar-refractivity contribution in [1.29, 1.82) is 0 Å². The lowest BCUT2D eigenvalue weighted by Crippen LogP contribution is -2.31. The highest BCUT2D eigenvalue weighted by molar-refractivity contribution is 9.09. The van der Waals surface area contributed by atoms with Gasteiger partial charge in [0.05, 0.1) is 23.3 Å². The predicted molar refractivity (Wildman–Crippen MR) is 128 cm³/mol. The third-order valence-electron chi connectivity index (χ3n) is 5.87. The number of hydrogen-bond acceptors (Lipinski definition) is 4. The molecular formula is C25H18BrN5O. The fraction of sp³-hybridized carbons (Fsp3) is 0.0800. The van der Waals surface area contributed by atoms with Crippen LogP contribution in [0.1, 0.15) is 17.2 Å². The predicted octanol–water partition coefficient (Wildman–Crippen LogP) is 4.58. The first-order valence-corrected chi connectivity index (χ1v) is 11.2. The lowest BCUT2D eigenvalue weighted by atomic mass is 9.98. The molecule has 7 heteroatoms. The number of carbonyl (C=O) groups excluding carboxylic acids is 1. The maximum absolute atomic E-state index is 13.1. The highest BCUT2D eigenvalue weighted by Crippen LogP contribution is 2.47. The van der Waals surface area contributed by atoms with Gasteiger partial charge in [0.1, 0.15) is 10.8 Å². The Morgan fingerprint density at radius 2 is 1.88 bits per heavy atom. The van der Waals surface area contributed by atoms with Crippen molar-refractivity contribution in [2.45, 2.75) is 11.0 Å². The zero-order chi connectivity index (χ0) is 21.7. The molecule has 1 aliphatic carbocycles. The van der Waals surface area contributed by atoms with E-state index in [0.717, 1.165) is 44.7 Å². The van der Waals surface area contributed by atoms with Gasteiger partial charge in [0, 0.05) is 17.3 Å². The third kappa shape index (κ3) is 3.05. The Morgan fingerprint density at radius 1 is 1.03 bits per heavy atom. The van der Waals surface area contributed by atoms with Gasteiger partial charge in [-0.3, -0.25) is 9.78 Å². The van der Waals surface area contributed by atoms with E-state index < -0.39 is 0 Å². The molecule has 32 heavy (non-hydrogen) atoms. The molecule has 156 valence electrons. The van der Waals surface area contributed by atoms with Crippen molar-refractivity contribution in [1.82, 2.24) is 25.6 Å². The van der Waals surface area contributed by atoms with Crippen molar-refractivity contribution >= 4 is 32.9 Å². The van der Waals surface area contributed by atoms with E-state index >= 15 is 0 Å². The summed E-state index contributed by atoms with van der Waals surface area (Å²) < 4.78 is 0. The van der Waals surface area contributed by atoms with Crippen LogP contribution in [0.4, 0.5) is 0 Å². The summed E-state index contributed by atoms with van der Waals surface area (Å²) in [6.45, 7) is 0. The SMILES string of the molecule is O=C(NC1c2ccccc2-c2c(-c3nc4ccncc4[nH]3)cccc21)C1=CC(Br)NC=C1. The maximum atomic E-state index is 13.1. The Balaban J connectivity index is 1.46. The molecule has 6 rings (SSSR count). The molecule has 1 aliphatic heterocycles. The Morgan fingerprint density at radius 3 is 2.75 bits per heavy atom. The van der Waals surface area contributed by atoms with E-state index in [1.54, 1.807) is 24.7 Å². The normalized spacial score (nSPS) is 18.6. The number of hydrogen-bond donors (Lipinski definition) is 3. The van der Waals surface area contributed by atoms with Crippen LogP contribution >= 0.6 is 15.9 Å². The topological polar surface area (TPSA) is 82.7 Å². The second-order valence-corrected chi connectivity index (χ2v) is 8.75. The van der Waals surface area contributed by atoms with E-state index in [1.807, 2.05) is 30.3 Å². The van der Waals surface area contributed by atoms with Gasteiger partial charge in [-0.1, -0.05) is 58.4 Å². The first kappa shape index (κ1) is 19.0. The van der Waals surface area contributed by atoms with Crippen LogP contribution < -0.4 is 10.6 Å². The summed E-state index contributed by atoms with van der Waals surface area (Å²) >= 11 is 3.48. The second-order valence-electron chi connectivity index (χ2n) is 7.77. The average molecular weight is 484 g/mol. The number of fused-ring (bicyclic) bond motifs is 4. The monoisotopic (exact) mass is 483 g/mol. The molecule has 2 unspecified atom stereocenters. The molecule has 4 aromatic rings. The number of H-pyrrole nitrogens is 1. The van der Waals surface area contributed by atoms with Crippen molar-refractivity contribution in [3.8, 4) is 22.5 Å². The van der Waals surface area contributed by atoms with E-state index in [4.69, 9.17) is 4.98 Å². The number of nitrogens with zero attached hydrogens (tertiary/aromatic N) is 2. The van der Waals surface area contributed by atoms with E-state index in [0.29, 0.717) is 5.57 Å². The van der Waals surface area contributed by atoms with Gasteiger partial charge < -0.3 is 15.6 Å². The molecule has 0 bridgehead atoms. The number of alkyl halides is 1. The van der Waals surface area contributed by atoms with E-state index in [1.165, 1.54) is 0 Å². The Hall–Kier alpha value is -3.71. The highest BCUT2D eigenvalue weighted by Gasteiger charge is 2.32. The Kier molecular flexibility index (Phi) is 4.43. The molecule has 1 amide bonds. The fourth-order valence-corrected chi connectivity index (χ4v) is 4.89. The quantitative estimate of drug-likeness (QED) is 0.294. The van der Waals surface area contributed by atoms with Crippen LogP contribution in [-0.4, -0.2) is 25.8 Å². The standard InChI is InChI=1S/C25H18BrN5O/c26-21-12-14(8-11-28-21)25(32)31-23-16-5-2-1-4-15(16)22-17(23)6-3-7-18(22)24-29-19-9-10-27-13-20(19)30-24/h1-13,21,23,28H,(H,29,30)(H,31,32). The van der Waals surface area contributed by atoms with E-state index in [2.05, 4.69) is 60.8 Å². The Labute approximate surface area is 192 Å². The lowest BCUT2D eigenvalue weighted by Gasteiger charge is -2.19. The summed E-state index contributed by atoms with van der Waals surface area (Å²) in [7, 11) is 0. The van der Waals surface area contributed by atoms with Crippen LogP contribution in [0, 0.1) is 0 Å². The minimum absolute atomic E-state index is 0.0643. The van der Waals surface area contributed by atoms with Crippen LogP contribution in [0.2, 0.25) is 0 Å². The molecule has 0 fully saturated rings. The van der Waals surface area contributed by atoms with Crippen LogP contribution in [0.3, 0.4) is 0 Å². The van der Waals surface area contributed by atoms with Gasteiger partial charge in [-0.25, -0.2) is 4.98 Å². The van der Waals surface area contributed by atoms with Gasteiger partial charge in [0.15, 0.2) is 0 Å². The summed E-state index contributed by atoms with van der Waals surface area (Å²) in [4.78, 5) is 25.4. The molecule has 2 aliphatic rings. The van der Waals surface area contributed by atoms with Crippen molar-refractivity contribution in [3.63, 3.8) is 0 Å². The molecule has 2 aromatic carbocycles. The van der Waals surface area contributed by atoms with Gasteiger partial charge in [-0.15, -0.1) is 0 Å². The zero-order valence-corrected chi connectivity index (χ0v) is 18.4. The van der Waals surface area contributed by atoms with Gasteiger partial charge in [-0.2, -0.15) is 0 Å². The first-order chi connectivity index (χ1) is 15.7. The van der Waals surface area contributed by atoms with Gasteiger partial charge in [0.2, 0.25) is 0 Å². The van der Waals surface area contributed by atoms with Crippen LogP contribution in [0.5, 0.6) is 0 Å². The molecule has 0 radical (unpaired) electrons. The molecule has 2 aromatic heterocycles. The number of pyridine rings is 1. The number of rotatable bonds is 3. The molecule has 2 atom stereocenters. The molecule has 3 N–H and O–H groups in total. The van der Waals surface area contributed by atoms with Crippen molar-refractivity contribution in [3.05, 3.63) is 96.0 Å². The van der Waals surface area contributed by atoms with E-state index in [-0.39, 0.29) is 16.9 Å². The molecule has 0 saturated heterocycles. The highest BCUT2D eigenvalue weighted by atomic mass is 79.9. The van der Waals surface area contributed by atoms with Crippen molar-refractivity contribution in [2.24, 2.45) is 0 Å². The fourth-order valence-electron chi connectivity index (χ4n) is 4.45. The van der Waals surface area contributed by atoms with Crippen molar-refractivity contribution in [2.75, 3.05) is 0 Å². The average Bonchev–Trinajstić information content (AvgIpc) is 3.39. The summed E-state index contributed by atoms with van der Waals surface area (Å²) in [5, 5.41) is 6.33. The summed E-state index contributed by atoms with van der Waals surface area (Å²) in [5.74, 6) is 0.679. The number of aromatic amines is 1. The number of aromatic nitrogens is 3. The van der Waals surface area contributed by atoms with Crippen LogP contribution in [0.25, 0.3) is 33.5 Å². The first-order valence-electron chi connectivity index (χ1n) is 10.3. The maximum Gasteiger partial charge on any atom is 0.251 e. The molecule has 3 heterocycles. The molecular weight excluding hydrogens is 466 g/mol. The number of carbonyl (C=O) groups is 1. The number of imidazole rings is 1. The van der Waals surface area contributed by atoms with Gasteiger partial charge in [0.25, 0.3) is 5.91 Å². The smallest absolute Gasteiger partial charge is 0.251 e. The molecule has 0 saturated carbocycles. The lowest BCUT2D eigenvalue weighted by molar-refractivity contribution is -0.117. The minimum atomic E-state index is -0.238. The summed E-state index contributed by atoms with van der Waals surface area (Å²) in [5.41, 5.74) is 7.73. The van der Waals surface area contributed by atoms with Gasteiger partial charge >= 0.3 is 0 Å². The number of benzene rings is 2. The second kappa shape index (κ2) is 7.46. The largest absolute Gasteiger partial charge is 0.375 e. The minimum Gasteiger partial charge on any atom is -0.375 e. The summed E-state index contributed by atoms with van der Waals surface area (Å²) in [6.07, 6.45) is 8.94. The third-order valence-corrected chi connectivity index (χ3v) is 6.40. The number of amides is 1. The zero-order valence-electron chi connectivity index (χ0n) is 16.8. The number of nitrogens with one attached hydrogen (secondary N) is 3. The van der Waals surface area contributed by atoms with Crippen LogP contribution in [-0.2, 0) is 4.79 Å². The van der Waals surface area contributed by atoms with E-state index in [9.17, 15) is 4.79 Å². The van der Waals surface area contributed by atoms with Crippen molar-refractivity contribution < 1.29 is 4.79 Å². The summed E-state index contributed by atoms with van der Waals surface area (Å²) in [6, 6.07) is 16.0. The van der Waals surface area contributed by atoms with Gasteiger partial charge in [-0.05, 0) is 46.7 Å². The molecule has 0 spiro atoms.